The average Bonchev–Trinajstić information content (AvgIpc) is 2.39. The number of nitrogens with two attached hydrogens (primary N) is 1. The van der Waals surface area contributed by atoms with Gasteiger partial charge >= 0.3 is 0 Å². The molecule has 2 nitrogen and oxygen atoms in total. The van der Waals surface area contributed by atoms with E-state index in [1.165, 1.54) is 6.07 Å². The number of aryl methyl sites for hydroxylation is 1. The van der Waals surface area contributed by atoms with Crippen LogP contribution in [-0.2, 0) is 0 Å². The Bertz CT molecular complexity index is 604. The Morgan fingerprint density at radius 2 is 2.05 bits per heavy atom. The highest BCUT2D eigenvalue weighted by Crippen LogP contribution is 2.33. The number of halogens is 3. The topological polar surface area (TPSA) is 38.0 Å². The lowest BCUT2D eigenvalue weighted by Gasteiger charge is -2.19. The maximum Gasteiger partial charge on any atom is 0.126 e. The lowest BCUT2D eigenvalue weighted by Crippen LogP contribution is -2.29. The molecule has 100 valence electrons. The average molecular weight is 344 g/mol. The van der Waals surface area contributed by atoms with Crippen molar-refractivity contribution in [1.29, 1.82) is 0 Å². The molecule has 1 unspecified atom stereocenters. The normalized spacial score (nSPS) is 12.5. The molecule has 3 N–H and O–H groups in total. The van der Waals surface area contributed by atoms with Crippen LogP contribution in [0.5, 0.6) is 0 Å². The van der Waals surface area contributed by atoms with Crippen molar-refractivity contribution in [3.8, 4) is 0 Å². The zero-order valence-corrected chi connectivity index (χ0v) is 12.6. The molecule has 0 bridgehead atoms. The number of hydrogen-bond acceptors (Lipinski definition) is 2. The number of rotatable bonds is 3. The molecule has 1 atom stereocenters. The van der Waals surface area contributed by atoms with Crippen LogP contribution in [0, 0.1) is 12.7 Å². The third-order valence-corrected chi connectivity index (χ3v) is 4.29. The molecule has 0 heterocycles. The van der Waals surface area contributed by atoms with Crippen LogP contribution in [0.2, 0.25) is 5.02 Å². The van der Waals surface area contributed by atoms with Gasteiger partial charge in [0.25, 0.3) is 0 Å². The first-order valence-corrected chi connectivity index (χ1v) is 6.87. The summed E-state index contributed by atoms with van der Waals surface area (Å²) in [6.45, 7) is 1.72. The lowest BCUT2D eigenvalue weighted by molar-refractivity contribution is 0.607. The monoisotopic (exact) mass is 342 g/mol. The molecular weight excluding hydrogens is 331 g/mol. The molecule has 0 radical (unpaired) electrons. The molecule has 2 rings (SSSR count). The van der Waals surface area contributed by atoms with Gasteiger partial charge in [0.05, 0.1) is 11.1 Å². The molecule has 0 saturated heterocycles. The van der Waals surface area contributed by atoms with E-state index >= 15 is 0 Å². The van der Waals surface area contributed by atoms with Crippen molar-refractivity contribution < 1.29 is 4.39 Å². The molecule has 0 spiro atoms. The summed E-state index contributed by atoms with van der Waals surface area (Å²) in [5, 5.41) is 0.590. The summed E-state index contributed by atoms with van der Waals surface area (Å²) in [4.78, 5) is 0. The minimum atomic E-state index is -0.288. The Morgan fingerprint density at radius 1 is 1.32 bits per heavy atom. The highest BCUT2D eigenvalue weighted by atomic mass is 79.9. The Morgan fingerprint density at radius 3 is 2.68 bits per heavy atom. The molecule has 0 aliphatic heterocycles. The Hall–Kier alpha value is -0.940. The molecule has 19 heavy (non-hydrogen) atoms. The Kier molecular flexibility index (Phi) is 4.58. The van der Waals surface area contributed by atoms with Gasteiger partial charge in [-0.3, -0.25) is 5.84 Å². The molecule has 0 aliphatic carbocycles. The summed E-state index contributed by atoms with van der Waals surface area (Å²) in [6, 6.07) is 10.2. The molecule has 0 saturated carbocycles. The second-order valence-corrected chi connectivity index (χ2v) is 5.48. The van der Waals surface area contributed by atoms with Crippen molar-refractivity contribution in [2.45, 2.75) is 13.0 Å². The number of nitrogens with one attached hydrogen (secondary N) is 1. The number of hydrazine groups is 1. The van der Waals surface area contributed by atoms with Gasteiger partial charge in [0.15, 0.2) is 0 Å². The third kappa shape index (κ3) is 2.98. The molecule has 5 heteroatoms. The zero-order chi connectivity index (χ0) is 14.0. The van der Waals surface area contributed by atoms with Crippen molar-refractivity contribution >= 4 is 27.5 Å². The zero-order valence-electron chi connectivity index (χ0n) is 10.3. The number of hydrogen-bond donors (Lipinski definition) is 2. The van der Waals surface area contributed by atoms with Gasteiger partial charge in [-0.15, -0.1) is 0 Å². The van der Waals surface area contributed by atoms with E-state index in [-0.39, 0.29) is 11.9 Å². The standard InChI is InChI=1S/C14H13BrClFN2/c1-8-7-9(5-6-12(8)17)14(19-18)10-3-2-4-11(15)13(10)16/h2-7,14,19H,18H2,1H3. The van der Waals surface area contributed by atoms with E-state index < -0.39 is 0 Å². The van der Waals surface area contributed by atoms with Crippen LogP contribution >= 0.6 is 27.5 Å². The van der Waals surface area contributed by atoms with E-state index in [1.807, 2.05) is 18.2 Å². The van der Waals surface area contributed by atoms with E-state index in [9.17, 15) is 4.39 Å². The summed E-state index contributed by atoms with van der Waals surface area (Å²) >= 11 is 9.65. The third-order valence-electron chi connectivity index (χ3n) is 2.97. The molecular formula is C14H13BrClFN2. The first-order valence-electron chi connectivity index (χ1n) is 5.70. The predicted octanol–water partition coefficient (Wildman–Crippen LogP) is 4.10. The van der Waals surface area contributed by atoms with Gasteiger partial charge < -0.3 is 0 Å². The van der Waals surface area contributed by atoms with E-state index in [4.69, 9.17) is 17.4 Å². The van der Waals surface area contributed by atoms with Crippen molar-refractivity contribution in [1.82, 2.24) is 5.43 Å². The minimum absolute atomic E-state index is 0.236. The predicted molar refractivity (Wildman–Crippen MR) is 79.5 cm³/mol. The van der Waals surface area contributed by atoms with Crippen LogP contribution in [-0.4, -0.2) is 0 Å². The Labute approximate surface area is 124 Å². The molecule has 0 aromatic heterocycles. The van der Waals surface area contributed by atoms with Crippen LogP contribution in [0.25, 0.3) is 0 Å². The van der Waals surface area contributed by atoms with Gasteiger partial charge in [-0.25, -0.2) is 9.82 Å². The van der Waals surface area contributed by atoms with Gasteiger partial charge in [0.2, 0.25) is 0 Å². The SMILES string of the molecule is Cc1cc(C(NN)c2cccc(Br)c2Cl)ccc1F. The van der Waals surface area contributed by atoms with Crippen LogP contribution in [0.1, 0.15) is 22.7 Å². The maximum atomic E-state index is 13.3. The molecule has 0 aliphatic rings. The van der Waals surface area contributed by atoms with Crippen molar-refractivity contribution in [3.63, 3.8) is 0 Å². The summed E-state index contributed by atoms with van der Waals surface area (Å²) < 4.78 is 14.1. The van der Waals surface area contributed by atoms with Crippen LogP contribution in [0.15, 0.2) is 40.9 Å². The van der Waals surface area contributed by atoms with Crippen LogP contribution in [0.3, 0.4) is 0 Å². The van der Waals surface area contributed by atoms with E-state index in [2.05, 4.69) is 21.4 Å². The second kappa shape index (κ2) is 6.01. The van der Waals surface area contributed by atoms with Gasteiger partial charge in [0, 0.05) is 4.47 Å². The summed E-state index contributed by atoms with van der Waals surface area (Å²) in [5.41, 5.74) is 4.99. The summed E-state index contributed by atoms with van der Waals surface area (Å²) in [5.74, 6) is 5.39. The van der Waals surface area contributed by atoms with Crippen molar-refractivity contribution in [2.75, 3.05) is 0 Å². The van der Waals surface area contributed by atoms with Gasteiger partial charge in [-0.05, 0) is 51.7 Å². The highest BCUT2D eigenvalue weighted by molar-refractivity contribution is 9.10. The second-order valence-electron chi connectivity index (χ2n) is 4.25. The molecule has 2 aromatic carbocycles. The van der Waals surface area contributed by atoms with E-state index in [0.29, 0.717) is 10.6 Å². The van der Waals surface area contributed by atoms with E-state index in [1.54, 1.807) is 19.1 Å². The first-order chi connectivity index (χ1) is 9.04. The highest BCUT2D eigenvalue weighted by Gasteiger charge is 2.17. The van der Waals surface area contributed by atoms with Crippen molar-refractivity contribution in [3.05, 3.63) is 68.4 Å². The van der Waals surface area contributed by atoms with Crippen molar-refractivity contribution in [2.24, 2.45) is 5.84 Å². The largest absolute Gasteiger partial charge is 0.271 e. The van der Waals surface area contributed by atoms with Gasteiger partial charge in [-0.1, -0.05) is 35.9 Å². The minimum Gasteiger partial charge on any atom is -0.271 e. The molecule has 2 aromatic rings. The summed E-state index contributed by atoms with van der Waals surface area (Å²) in [7, 11) is 0. The Balaban J connectivity index is 2.50. The van der Waals surface area contributed by atoms with Crippen LogP contribution in [0.4, 0.5) is 4.39 Å². The smallest absolute Gasteiger partial charge is 0.126 e. The fraction of sp³-hybridized carbons (Fsp3) is 0.143. The first kappa shape index (κ1) is 14.5. The van der Waals surface area contributed by atoms with Crippen LogP contribution < -0.4 is 11.3 Å². The fourth-order valence-corrected chi connectivity index (χ4v) is 2.57. The van der Waals surface area contributed by atoms with E-state index in [0.717, 1.165) is 15.6 Å². The molecule has 0 fully saturated rings. The summed E-state index contributed by atoms with van der Waals surface area (Å²) in [6.07, 6.45) is 0. The maximum absolute atomic E-state index is 13.3. The quantitative estimate of drug-likeness (QED) is 0.650. The number of benzene rings is 2. The molecule has 0 amide bonds. The lowest BCUT2D eigenvalue weighted by atomic mass is 9.97. The van der Waals surface area contributed by atoms with Gasteiger partial charge in [-0.2, -0.15) is 0 Å². The fourth-order valence-electron chi connectivity index (χ4n) is 1.96. The van der Waals surface area contributed by atoms with Gasteiger partial charge in [0.1, 0.15) is 5.82 Å².